The average molecular weight is 397 g/mol. The molecule has 156 valence electrons. The van der Waals surface area contributed by atoms with Gasteiger partial charge in [0.1, 0.15) is 0 Å². The number of aliphatic carboxylic acids is 1. The molecule has 0 aromatic rings. The monoisotopic (exact) mass is 396 g/mol. The molecule has 0 aliphatic heterocycles. The Morgan fingerprint density at radius 3 is 1.67 bits per heavy atom. The number of unbranched alkanes of at least 4 members (excludes halogenated alkanes) is 11. The van der Waals surface area contributed by atoms with Gasteiger partial charge in [-0.05, 0) is 39.0 Å². The summed E-state index contributed by atoms with van der Waals surface area (Å²) in [6.07, 6.45) is 20.0. The van der Waals surface area contributed by atoms with Crippen molar-refractivity contribution >= 4 is 34.9 Å². The molecule has 0 heterocycles. The number of ketones is 2. The third-order valence-corrected chi connectivity index (χ3v) is 4.66. The minimum atomic E-state index is -1.47. The minimum absolute atomic E-state index is 0. The molecule has 0 rings (SSSR count). The van der Waals surface area contributed by atoms with Gasteiger partial charge in [-0.3, -0.25) is 14.4 Å². The van der Waals surface area contributed by atoms with Crippen molar-refractivity contribution in [3.05, 3.63) is 12.2 Å². The van der Waals surface area contributed by atoms with E-state index in [0.717, 1.165) is 39.0 Å². The van der Waals surface area contributed by atoms with Crippen LogP contribution in [0.25, 0.3) is 0 Å². The minimum Gasteiger partial charge on any atom is -0.480 e. The lowest BCUT2D eigenvalue weighted by atomic mass is 9.95. The first-order chi connectivity index (χ1) is 12.5. The fraction of sp³-hybridized carbons (Fsp3) is 0.773. The van der Waals surface area contributed by atoms with Gasteiger partial charge in [0.15, 0.2) is 34.8 Å². The Balaban J connectivity index is 0. The first-order valence-electron chi connectivity index (χ1n) is 10.4. The number of rotatable bonds is 18. The van der Waals surface area contributed by atoms with Gasteiger partial charge < -0.3 is 5.11 Å². The maximum Gasteiger partial charge on any atom is 0.321 e. The summed E-state index contributed by atoms with van der Waals surface area (Å²) < 4.78 is 0. The summed E-state index contributed by atoms with van der Waals surface area (Å²) >= 11 is 0. The van der Waals surface area contributed by atoms with Crippen molar-refractivity contribution in [2.24, 2.45) is 5.92 Å². The van der Waals surface area contributed by atoms with E-state index < -0.39 is 23.5 Å². The fourth-order valence-corrected chi connectivity index (χ4v) is 3.05. The first-order valence-corrected chi connectivity index (χ1v) is 10.4. The van der Waals surface area contributed by atoms with E-state index in [1.807, 2.05) is 0 Å². The van der Waals surface area contributed by atoms with Crippen molar-refractivity contribution in [3.8, 4) is 0 Å². The van der Waals surface area contributed by atoms with Crippen LogP contribution < -0.4 is 0 Å². The highest BCUT2D eigenvalue weighted by atomic mass is 27.0. The van der Waals surface area contributed by atoms with Crippen molar-refractivity contribution in [2.75, 3.05) is 0 Å². The second-order valence-electron chi connectivity index (χ2n) is 7.18. The number of carbonyl (C=O) groups excluding carboxylic acids is 2. The summed E-state index contributed by atoms with van der Waals surface area (Å²) in [6, 6.07) is 0. The lowest BCUT2D eigenvalue weighted by Gasteiger charge is -2.07. The van der Waals surface area contributed by atoms with Gasteiger partial charge >= 0.3 is 5.97 Å². The van der Waals surface area contributed by atoms with Crippen LogP contribution in [0.2, 0.25) is 0 Å². The van der Waals surface area contributed by atoms with E-state index in [4.69, 9.17) is 5.11 Å². The Morgan fingerprint density at radius 1 is 0.778 bits per heavy atom. The fourth-order valence-electron chi connectivity index (χ4n) is 3.05. The largest absolute Gasteiger partial charge is 0.480 e. The summed E-state index contributed by atoms with van der Waals surface area (Å²) in [5.41, 5.74) is 0. The van der Waals surface area contributed by atoms with Gasteiger partial charge in [0.25, 0.3) is 0 Å². The second-order valence-corrected chi connectivity index (χ2v) is 7.18. The van der Waals surface area contributed by atoms with Crippen molar-refractivity contribution in [1.29, 1.82) is 0 Å². The highest BCUT2D eigenvalue weighted by Gasteiger charge is 2.29. The van der Waals surface area contributed by atoms with E-state index in [9.17, 15) is 14.4 Å². The van der Waals surface area contributed by atoms with E-state index in [-0.39, 0.29) is 23.8 Å². The smallest absolute Gasteiger partial charge is 0.321 e. The number of carboxylic acids is 1. The van der Waals surface area contributed by atoms with E-state index in [2.05, 4.69) is 19.1 Å². The average Bonchev–Trinajstić information content (AvgIpc) is 2.57. The molecule has 0 amide bonds. The van der Waals surface area contributed by atoms with Crippen LogP contribution in [-0.4, -0.2) is 40.0 Å². The number of Topliss-reactive ketones (excluding diaryl/α,β-unsaturated/α-hetero) is 2. The third-order valence-electron chi connectivity index (χ3n) is 4.66. The van der Waals surface area contributed by atoms with E-state index in [0.29, 0.717) is 6.42 Å². The molecule has 4 nitrogen and oxygen atoms in total. The molecule has 27 heavy (non-hydrogen) atoms. The van der Waals surface area contributed by atoms with Crippen LogP contribution in [-0.2, 0) is 14.4 Å². The standard InChI is InChI=1S/C22H38O4.Al.3H/c1-3-4-5-6-7-8-9-10-11-12-13-14-15-16-17-18-20(24)21(19(2)23)22(25)26;;;;/h10-11,21H,3-9,12-18H2,1-2H3,(H,25,26);;;;. The van der Waals surface area contributed by atoms with Gasteiger partial charge in [0, 0.05) is 6.42 Å². The van der Waals surface area contributed by atoms with E-state index in [1.165, 1.54) is 44.9 Å². The Hall–Kier alpha value is -0.918. The van der Waals surface area contributed by atoms with Crippen LogP contribution in [0.1, 0.15) is 104 Å². The Kier molecular flexibility index (Phi) is 20.8. The van der Waals surface area contributed by atoms with Crippen LogP contribution in [0.15, 0.2) is 12.2 Å². The molecule has 0 spiro atoms. The molecule has 0 aliphatic rings. The van der Waals surface area contributed by atoms with Crippen molar-refractivity contribution in [3.63, 3.8) is 0 Å². The predicted octanol–water partition coefficient (Wildman–Crippen LogP) is 4.70. The molecule has 0 aromatic carbocycles. The maximum atomic E-state index is 11.7. The van der Waals surface area contributed by atoms with Crippen LogP contribution in [0.3, 0.4) is 0 Å². The highest BCUT2D eigenvalue weighted by molar-refractivity contribution is 6.16. The topological polar surface area (TPSA) is 71.4 Å². The normalized spacial score (nSPS) is 11.9. The van der Waals surface area contributed by atoms with Gasteiger partial charge in [-0.2, -0.15) is 0 Å². The highest BCUT2D eigenvalue weighted by Crippen LogP contribution is 2.12. The van der Waals surface area contributed by atoms with E-state index >= 15 is 0 Å². The lowest BCUT2D eigenvalue weighted by Crippen LogP contribution is -2.29. The molecule has 1 atom stereocenters. The van der Waals surface area contributed by atoms with Crippen LogP contribution in [0.5, 0.6) is 0 Å². The number of hydrogen-bond acceptors (Lipinski definition) is 3. The lowest BCUT2D eigenvalue weighted by molar-refractivity contribution is -0.149. The zero-order valence-electron chi connectivity index (χ0n) is 16.8. The molecule has 0 aliphatic carbocycles. The molecule has 1 N–H and O–H groups in total. The number of allylic oxidation sites excluding steroid dienone is 2. The third kappa shape index (κ3) is 16.9. The van der Waals surface area contributed by atoms with Crippen LogP contribution in [0.4, 0.5) is 0 Å². The van der Waals surface area contributed by atoms with Gasteiger partial charge in [-0.1, -0.05) is 70.4 Å². The molecular weight excluding hydrogens is 355 g/mol. The SMILES string of the molecule is CCCCCCCCC=CCCCCCCCC(=O)C(C(C)=O)C(=O)O.[AlH3]. The molecule has 0 radical (unpaired) electrons. The van der Waals surface area contributed by atoms with E-state index in [1.54, 1.807) is 0 Å². The van der Waals surface area contributed by atoms with Crippen LogP contribution in [0, 0.1) is 5.92 Å². The van der Waals surface area contributed by atoms with Crippen molar-refractivity contribution < 1.29 is 19.5 Å². The summed E-state index contributed by atoms with van der Waals surface area (Å²) in [7, 11) is 0. The molecular formula is C22H41AlO4. The van der Waals surface area contributed by atoms with Gasteiger partial charge in [0.05, 0.1) is 0 Å². The molecule has 5 heteroatoms. The number of hydrogen-bond donors (Lipinski definition) is 1. The van der Waals surface area contributed by atoms with Crippen molar-refractivity contribution in [1.82, 2.24) is 0 Å². The molecule has 1 unspecified atom stereocenters. The zero-order valence-corrected chi connectivity index (χ0v) is 16.8. The summed E-state index contributed by atoms with van der Waals surface area (Å²) in [4.78, 5) is 33.8. The Labute approximate surface area is 176 Å². The number of carboxylic acid groups (broad SMARTS) is 1. The quantitative estimate of drug-likeness (QED) is 0.158. The number of carbonyl (C=O) groups is 3. The zero-order chi connectivity index (χ0) is 19.6. The van der Waals surface area contributed by atoms with Gasteiger partial charge in [-0.15, -0.1) is 0 Å². The maximum absolute atomic E-state index is 11.7. The Bertz CT molecular complexity index is 418. The summed E-state index contributed by atoms with van der Waals surface area (Å²) in [5.74, 6) is -3.82. The molecule has 0 bridgehead atoms. The predicted molar refractivity (Wildman–Crippen MR) is 116 cm³/mol. The summed E-state index contributed by atoms with van der Waals surface area (Å²) in [6.45, 7) is 3.41. The first kappa shape index (κ1) is 28.3. The molecule has 0 fully saturated rings. The Morgan fingerprint density at radius 2 is 1.22 bits per heavy atom. The molecule has 0 saturated carbocycles. The van der Waals surface area contributed by atoms with Crippen molar-refractivity contribution in [2.45, 2.75) is 104 Å². The van der Waals surface area contributed by atoms with Gasteiger partial charge in [-0.25, -0.2) is 0 Å². The van der Waals surface area contributed by atoms with Crippen LogP contribution >= 0.6 is 0 Å². The second kappa shape index (κ2) is 19.8. The molecule has 0 aromatic heterocycles. The molecule has 0 saturated heterocycles. The van der Waals surface area contributed by atoms with Gasteiger partial charge in [0.2, 0.25) is 0 Å². The summed E-state index contributed by atoms with van der Waals surface area (Å²) in [5, 5.41) is 8.89.